The molecule has 0 radical (unpaired) electrons. The van der Waals surface area contributed by atoms with E-state index in [1.165, 1.54) is 0 Å². The maximum Gasteiger partial charge on any atom is 0.461 e. The summed E-state index contributed by atoms with van der Waals surface area (Å²) in [5.41, 5.74) is 6.41. The first-order valence-corrected chi connectivity index (χ1v) is 9.79. The predicted octanol–water partition coefficient (Wildman–Crippen LogP) is 5.51. The van der Waals surface area contributed by atoms with Gasteiger partial charge in [0.2, 0.25) is 0 Å². The highest BCUT2D eigenvalue weighted by atomic mass is 127. The molecular weight excluding hydrogens is 518 g/mol. The number of halogens is 6. The van der Waals surface area contributed by atoms with Gasteiger partial charge in [-0.05, 0) is 58.0 Å². The first kappa shape index (κ1) is 22.4. The van der Waals surface area contributed by atoms with Gasteiger partial charge in [-0.2, -0.15) is 17.6 Å². The molecule has 0 bridgehead atoms. The maximum absolute atomic E-state index is 14.3. The third-order valence-electron chi connectivity index (χ3n) is 4.40. The summed E-state index contributed by atoms with van der Waals surface area (Å²) in [5, 5.41) is 0. The van der Waals surface area contributed by atoms with Crippen molar-refractivity contribution in [1.29, 1.82) is 0 Å². The molecule has 0 aliphatic rings. The van der Waals surface area contributed by atoms with Crippen LogP contribution in [0.15, 0.2) is 66.9 Å². The first-order valence-electron chi connectivity index (χ1n) is 8.71. The number of alkyl halides is 4. The second-order valence-electron chi connectivity index (χ2n) is 6.64. The van der Waals surface area contributed by atoms with Crippen molar-refractivity contribution in [2.75, 3.05) is 0 Å². The van der Waals surface area contributed by atoms with E-state index in [2.05, 4.69) is 32.3 Å². The van der Waals surface area contributed by atoms with Crippen molar-refractivity contribution in [3.63, 3.8) is 0 Å². The molecule has 0 aliphatic carbocycles. The van der Waals surface area contributed by atoms with Crippen LogP contribution in [0.2, 0.25) is 0 Å². The van der Waals surface area contributed by atoms with Crippen LogP contribution >= 0.6 is 22.6 Å². The Morgan fingerprint density at radius 2 is 1.73 bits per heavy atom. The van der Waals surface area contributed by atoms with Crippen LogP contribution in [0.25, 0.3) is 0 Å². The smallest absolute Gasteiger partial charge is 0.428 e. The van der Waals surface area contributed by atoms with Crippen LogP contribution < -0.4 is 10.5 Å². The van der Waals surface area contributed by atoms with E-state index >= 15 is 0 Å². The maximum atomic E-state index is 14.3. The summed E-state index contributed by atoms with van der Waals surface area (Å²) in [6.45, 7) is 0. The summed E-state index contributed by atoms with van der Waals surface area (Å²) in [5.74, 6) is -1.72. The Labute approximate surface area is 183 Å². The van der Waals surface area contributed by atoms with Crippen LogP contribution in [0.1, 0.15) is 16.8 Å². The number of rotatable bonds is 7. The Morgan fingerprint density at radius 3 is 2.33 bits per heavy atom. The zero-order valence-electron chi connectivity index (χ0n) is 15.3. The van der Waals surface area contributed by atoms with Gasteiger partial charge in [0.25, 0.3) is 0 Å². The summed E-state index contributed by atoms with van der Waals surface area (Å²) in [4.78, 5) is 4.32. The second kappa shape index (κ2) is 8.84. The van der Waals surface area contributed by atoms with E-state index in [4.69, 9.17) is 5.73 Å². The van der Waals surface area contributed by atoms with Crippen LogP contribution in [0, 0.1) is 9.39 Å². The van der Waals surface area contributed by atoms with Crippen LogP contribution in [0.3, 0.4) is 0 Å². The van der Waals surface area contributed by atoms with Gasteiger partial charge >= 0.3 is 12.5 Å². The molecule has 2 aromatic carbocycles. The molecule has 30 heavy (non-hydrogen) atoms. The molecule has 3 rings (SSSR count). The summed E-state index contributed by atoms with van der Waals surface area (Å²) in [7, 11) is 0. The van der Waals surface area contributed by atoms with Crippen LogP contribution in [0.5, 0.6) is 5.75 Å². The highest BCUT2D eigenvalue weighted by molar-refractivity contribution is 14.1. The van der Waals surface area contributed by atoms with Gasteiger partial charge in [0, 0.05) is 22.3 Å². The van der Waals surface area contributed by atoms with Gasteiger partial charge in [-0.1, -0.05) is 30.3 Å². The minimum atomic E-state index is -4.77. The van der Waals surface area contributed by atoms with Crippen molar-refractivity contribution in [1.82, 2.24) is 4.98 Å². The van der Waals surface area contributed by atoms with Gasteiger partial charge < -0.3 is 10.5 Å². The minimum absolute atomic E-state index is 0.0557. The summed E-state index contributed by atoms with van der Waals surface area (Å²) >= 11 is 2.06. The molecule has 0 aliphatic heterocycles. The normalized spacial score (nSPS) is 13.9. The lowest BCUT2D eigenvalue weighted by Crippen LogP contribution is -2.41. The number of hydrogen-bond acceptors (Lipinski definition) is 3. The average molecular weight is 534 g/mol. The number of hydrogen-bond donors (Lipinski definition) is 1. The molecule has 0 spiro atoms. The van der Waals surface area contributed by atoms with Crippen LogP contribution in [-0.4, -0.2) is 17.5 Å². The molecule has 0 saturated carbocycles. The van der Waals surface area contributed by atoms with Gasteiger partial charge in [-0.15, -0.1) is 0 Å². The van der Waals surface area contributed by atoms with Gasteiger partial charge in [0.1, 0.15) is 11.6 Å². The first-order chi connectivity index (χ1) is 14.1. The lowest BCUT2D eigenvalue weighted by atomic mass is 9.81. The third kappa shape index (κ3) is 5.07. The van der Waals surface area contributed by atoms with Crippen molar-refractivity contribution >= 4 is 22.6 Å². The molecule has 9 heteroatoms. The Kier molecular flexibility index (Phi) is 6.61. The Hall–Kier alpha value is -2.27. The predicted molar refractivity (Wildman–Crippen MR) is 110 cm³/mol. The fraction of sp³-hybridized carbons (Fsp3) is 0.190. The van der Waals surface area contributed by atoms with E-state index < -0.39 is 29.6 Å². The molecule has 0 unspecified atom stereocenters. The van der Waals surface area contributed by atoms with Crippen molar-refractivity contribution in [2.45, 2.75) is 24.5 Å². The Bertz CT molecular complexity index is 1000. The molecule has 0 saturated heterocycles. The topological polar surface area (TPSA) is 48.1 Å². The Balaban J connectivity index is 2.10. The molecule has 1 heterocycles. The minimum Gasteiger partial charge on any atom is -0.428 e. The second-order valence-corrected chi connectivity index (χ2v) is 7.88. The summed E-state index contributed by atoms with van der Waals surface area (Å²) in [6.07, 6.45) is -7.14. The number of ether oxygens (including phenoxy) is 1. The summed E-state index contributed by atoms with van der Waals surface area (Å²) < 4.78 is 71.0. The number of pyridine rings is 1. The van der Waals surface area contributed by atoms with Crippen LogP contribution in [0.4, 0.5) is 22.0 Å². The van der Waals surface area contributed by atoms with E-state index in [-0.39, 0.29) is 12.0 Å². The largest absolute Gasteiger partial charge is 0.461 e. The SMILES string of the molecule is N[C@@](Cc1ccccc1)(c1cc(F)cc(OC(F)(F)C(F)F)c1)c1ccc(I)cn1. The van der Waals surface area contributed by atoms with E-state index in [1.54, 1.807) is 42.6 Å². The molecule has 1 aromatic heterocycles. The van der Waals surface area contributed by atoms with E-state index in [0.29, 0.717) is 11.8 Å². The number of nitrogens with two attached hydrogens (primary N) is 1. The number of benzene rings is 2. The average Bonchev–Trinajstić information content (AvgIpc) is 2.68. The zero-order valence-corrected chi connectivity index (χ0v) is 17.5. The fourth-order valence-electron chi connectivity index (χ4n) is 2.98. The lowest BCUT2D eigenvalue weighted by molar-refractivity contribution is -0.253. The number of nitrogens with zero attached hydrogens (tertiary/aromatic N) is 1. The lowest BCUT2D eigenvalue weighted by Gasteiger charge is -2.30. The highest BCUT2D eigenvalue weighted by Crippen LogP contribution is 2.35. The quantitative estimate of drug-likeness (QED) is 0.322. The van der Waals surface area contributed by atoms with Crippen molar-refractivity contribution in [3.8, 4) is 5.75 Å². The highest BCUT2D eigenvalue weighted by Gasteiger charge is 2.44. The van der Waals surface area contributed by atoms with Crippen molar-refractivity contribution in [3.05, 3.63) is 93.1 Å². The summed E-state index contributed by atoms with van der Waals surface area (Å²) in [6, 6.07) is 15.1. The monoisotopic (exact) mass is 534 g/mol. The van der Waals surface area contributed by atoms with Crippen molar-refractivity contribution < 1.29 is 26.7 Å². The standard InChI is InChI=1S/C21H16F5IN2O/c22-15-8-14(9-17(10-15)30-21(25,26)19(23)24)20(28,11-13-4-2-1-3-5-13)18-7-6-16(27)12-29-18/h1-10,12,19H,11,28H2/t20-/m0/s1. The zero-order chi connectivity index (χ0) is 21.9. The van der Waals surface area contributed by atoms with Gasteiger partial charge in [-0.3, -0.25) is 4.98 Å². The Morgan fingerprint density at radius 1 is 1.03 bits per heavy atom. The van der Waals surface area contributed by atoms with Gasteiger partial charge in [-0.25, -0.2) is 4.39 Å². The molecule has 3 nitrogen and oxygen atoms in total. The van der Waals surface area contributed by atoms with E-state index in [1.807, 2.05) is 6.07 Å². The van der Waals surface area contributed by atoms with Crippen LogP contribution in [-0.2, 0) is 12.0 Å². The molecule has 0 fully saturated rings. The third-order valence-corrected chi connectivity index (χ3v) is 5.04. The molecule has 3 aromatic rings. The van der Waals surface area contributed by atoms with E-state index in [0.717, 1.165) is 21.3 Å². The fourth-order valence-corrected chi connectivity index (χ4v) is 3.30. The van der Waals surface area contributed by atoms with Gasteiger partial charge in [0.05, 0.1) is 11.2 Å². The van der Waals surface area contributed by atoms with Crippen molar-refractivity contribution in [2.24, 2.45) is 5.73 Å². The molecule has 2 N–H and O–H groups in total. The number of aromatic nitrogens is 1. The van der Waals surface area contributed by atoms with E-state index in [9.17, 15) is 22.0 Å². The molecule has 158 valence electrons. The molecule has 1 atom stereocenters. The van der Waals surface area contributed by atoms with Gasteiger partial charge in [0.15, 0.2) is 0 Å². The molecular formula is C21H16F5IN2O. The molecule has 0 amide bonds.